The Hall–Kier alpha value is -0.450. The number of nitrogens with zero attached hydrogens (tertiary/aromatic N) is 1. The van der Waals surface area contributed by atoms with Gasteiger partial charge in [0.25, 0.3) is 0 Å². The molecule has 3 rings (SSSR count). The Kier molecular flexibility index (Phi) is 4.74. The van der Waals surface area contributed by atoms with E-state index in [-0.39, 0.29) is 5.82 Å². The number of hydrogen-bond donors (Lipinski definition) is 1. The molecule has 1 atom stereocenters. The van der Waals surface area contributed by atoms with Gasteiger partial charge in [0, 0.05) is 36.7 Å². The van der Waals surface area contributed by atoms with Crippen molar-refractivity contribution in [2.45, 2.75) is 31.7 Å². The van der Waals surface area contributed by atoms with E-state index in [0.29, 0.717) is 6.04 Å². The van der Waals surface area contributed by atoms with Gasteiger partial charge in [-0.1, -0.05) is 34.8 Å². The highest BCUT2D eigenvalue weighted by molar-refractivity contribution is 9.10. The van der Waals surface area contributed by atoms with Crippen LogP contribution >= 0.6 is 15.9 Å². The molecule has 2 fully saturated rings. The second-order valence-electron chi connectivity index (χ2n) is 5.94. The molecule has 1 aliphatic carbocycles. The Bertz CT molecular complexity index is 454. The van der Waals surface area contributed by atoms with E-state index < -0.39 is 0 Å². The maximum absolute atomic E-state index is 13.4. The fourth-order valence-corrected chi connectivity index (χ4v) is 4.31. The molecule has 20 heavy (non-hydrogen) atoms. The zero-order valence-corrected chi connectivity index (χ0v) is 13.3. The molecular weight excluding hydrogens is 319 g/mol. The standard InChI is InChI=1S/C16H22BrFN2/c17-15-11-13(18)5-6-14(15)16(12-3-1-2-4-12)20-9-7-19-8-10-20/h5-6,11-12,16,19H,1-4,7-10H2/t16-/m1/s1. The van der Waals surface area contributed by atoms with Gasteiger partial charge in [-0.25, -0.2) is 4.39 Å². The number of hydrogen-bond acceptors (Lipinski definition) is 2. The number of benzene rings is 1. The van der Waals surface area contributed by atoms with Crippen LogP contribution in [0.25, 0.3) is 0 Å². The van der Waals surface area contributed by atoms with Crippen LogP contribution in [0.4, 0.5) is 4.39 Å². The van der Waals surface area contributed by atoms with E-state index in [4.69, 9.17) is 0 Å². The first kappa shape index (κ1) is 14.5. The lowest BCUT2D eigenvalue weighted by molar-refractivity contribution is 0.125. The molecule has 2 aliphatic rings. The van der Waals surface area contributed by atoms with Gasteiger partial charge in [0.2, 0.25) is 0 Å². The lowest BCUT2D eigenvalue weighted by Gasteiger charge is -2.39. The van der Waals surface area contributed by atoms with E-state index in [1.165, 1.54) is 31.2 Å². The highest BCUT2D eigenvalue weighted by Gasteiger charge is 2.32. The van der Waals surface area contributed by atoms with Crippen LogP contribution in [0.2, 0.25) is 0 Å². The molecule has 0 spiro atoms. The van der Waals surface area contributed by atoms with Crippen molar-refractivity contribution in [2.75, 3.05) is 26.2 Å². The first-order valence-corrected chi connectivity index (χ1v) is 8.45. The van der Waals surface area contributed by atoms with Gasteiger partial charge in [0.05, 0.1) is 0 Å². The molecule has 1 aromatic rings. The van der Waals surface area contributed by atoms with Crippen LogP contribution < -0.4 is 5.32 Å². The summed E-state index contributed by atoms with van der Waals surface area (Å²) in [5.41, 5.74) is 1.26. The van der Waals surface area contributed by atoms with Crippen molar-refractivity contribution in [2.24, 2.45) is 5.92 Å². The molecule has 1 saturated heterocycles. The van der Waals surface area contributed by atoms with E-state index in [9.17, 15) is 4.39 Å². The third-order valence-electron chi connectivity index (χ3n) is 4.67. The van der Waals surface area contributed by atoms with Crippen molar-refractivity contribution >= 4 is 15.9 Å². The first-order valence-electron chi connectivity index (χ1n) is 7.65. The van der Waals surface area contributed by atoms with E-state index in [1.54, 1.807) is 12.1 Å². The Balaban J connectivity index is 1.90. The molecule has 2 nitrogen and oxygen atoms in total. The summed E-state index contributed by atoms with van der Waals surface area (Å²) in [5, 5.41) is 3.42. The van der Waals surface area contributed by atoms with Crippen LogP contribution in [0.15, 0.2) is 22.7 Å². The highest BCUT2D eigenvalue weighted by Crippen LogP contribution is 2.42. The fraction of sp³-hybridized carbons (Fsp3) is 0.625. The van der Waals surface area contributed by atoms with Gasteiger partial charge in [-0.3, -0.25) is 4.90 Å². The zero-order valence-electron chi connectivity index (χ0n) is 11.7. The number of halogens is 2. The molecule has 110 valence electrons. The van der Waals surface area contributed by atoms with Gasteiger partial charge in [-0.2, -0.15) is 0 Å². The van der Waals surface area contributed by atoms with Crippen LogP contribution in [0.5, 0.6) is 0 Å². The largest absolute Gasteiger partial charge is 0.314 e. The number of nitrogens with one attached hydrogen (secondary N) is 1. The summed E-state index contributed by atoms with van der Waals surface area (Å²) in [5.74, 6) is 0.556. The number of piperazine rings is 1. The third kappa shape index (κ3) is 3.07. The fourth-order valence-electron chi connectivity index (χ4n) is 3.72. The Morgan fingerprint density at radius 1 is 1.20 bits per heavy atom. The molecule has 1 aliphatic heterocycles. The van der Waals surface area contributed by atoms with Crippen molar-refractivity contribution in [3.05, 3.63) is 34.1 Å². The molecule has 0 bridgehead atoms. The summed E-state index contributed by atoms with van der Waals surface area (Å²) in [4.78, 5) is 2.59. The van der Waals surface area contributed by atoms with Gasteiger partial charge < -0.3 is 5.32 Å². The molecule has 1 N–H and O–H groups in total. The highest BCUT2D eigenvalue weighted by atomic mass is 79.9. The predicted octanol–water partition coefficient (Wildman–Crippen LogP) is 3.72. The summed E-state index contributed by atoms with van der Waals surface area (Å²) >= 11 is 3.58. The smallest absolute Gasteiger partial charge is 0.124 e. The maximum atomic E-state index is 13.4. The van der Waals surface area contributed by atoms with Crippen LogP contribution in [0.1, 0.15) is 37.3 Å². The summed E-state index contributed by atoms with van der Waals surface area (Å²) in [6, 6.07) is 5.63. The molecule has 0 unspecified atom stereocenters. The molecule has 1 saturated carbocycles. The Morgan fingerprint density at radius 2 is 1.90 bits per heavy atom. The maximum Gasteiger partial charge on any atom is 0.124 e. The van der Waals surface area contributed by atoms with Crippen LogP contribution in [0.3, 0.4) is 0 Å². The average molecular weight is 341 g/mol. The Labute approximate surface area is 128 Å². The monoisotopic (exact) mass is 340 g/mol. The minimum atomic E-state index is -0.161. The van der Waals surface area contributed by atoms with Gasteiger partial charge in [-0.05, 0) is 36.5 Å². The summed E-state index contributed by atoms with van der Waals surface area (Å²) in [7, 11) is 0. The van der Waals surface area contributed by atoms with E-state index in [1.807, 2.05) is 6.07 Å². The van der Waals surface area contributed by atoms with Gasteiger partial charge in [0.15, 0.2) is 0 Å². The minimum absolute atomic E-state index is 0.161. The molecule has 1 heterocycles. The SMILES string of the molecule is Fc1ccc([C@@H](C2CCCC2)N2CCNCC2)c(Br)c1. The van der Waals surface area contributed by atoms with E-state index in [2.05, 4.69) is 26.1 Å². The molecule has 0 radical (unpaired) electrons. The predicted molar refractivity (Wildman–Crippen MR) is 83.2 cm³/mol. The quantitative estimate of drug-likeness (QED) is 0.901. The molecule has 0 amide bonds. The zero-order chi connectivity index (χ0) is 13.9. The summed E-state index contributed by atoms with van der Waals surface area (Å²) < 4.78 is 14.3. The van der Waals surface area contributed by atoms with Crippen molar-refractivity contribution in [3.63, 3.8) is 0 Å². The van der Waals surface area contributed by atoms with Gasteiger partial charge in [-0.15, -0.1) is 0 Å². The molecule has 4 heteroatoms. The topological polar surface area (TPSA) is 15.3 Å². The lowest BCUT2D eigenvalue weighted by atomic mass is 9.89. The van der Waals surface area contributed by atoms with Crippen LogP contribution in [0, 0.1) is 11.7 Å². The van der Waals surface area contributed by atoms with Crippen molar-refractivity contribution in [1.82, 2.24) is 10.2 Å². The van der Waals surface area contributed by atoms with Crippen molar-refractivity contribution in [1.29, 1.82) is 0 Å². The molecular formula is C16H22BrFN2. The van der Waals surface area contributed by atoms with Gasteiger partial charge in [0.1, 0.15) is 5.82 Å². The average Bonchev–Trinajstić information content (AvgIpc) is 2.97. The first-order chi connectivity index (χ1) is 9.75. The summed E-state index contributed by atoms with van der Waals surface area (Å²) in [6.07, 6.45) is 5.29. The lowest BCUT2D eigenvalue weighted by Crippen LogP contribution is -2.46. The second-order valence-corrected chi connectivity index (χ2v) is 6.80. The molecule has 0 aromatic heterocycles. The van der Waals surface area contributed by atoms with E-state index >= 15 is 0 Å². The second kappa shape index (κ2) is 6.54. The van der Waals surface area contributed by atoms with Crippen molar-refractivity contribution in [3.8, 4) is 0 Å². The minimum Gasteiger partial charge on any atom is -0.314 e. The third-order valence-corrected chi connectivity index (χ3v) is 5.36. The van der Waals surface area contributed by atoms with Crippen LogP contribution in [-0.4, -0.2) is 31.1 Å². The van der Waals surface area contributed by atoms with Crippen LogP contribution in [-0.2, 0) is 0 Å². The summed E-state index contributed by atoms with van der Waals surface area (Å²) in [6.45, 7) is 4.29. The van der Waals surface area contributed by atoms with E-state index in [0.717, 1.165) is 36.6 Å². The van der Waals surface area contributed by atoms with Crippen molar-refractivity contribution < 1.29 is 4.39 Å². The molecule has 1 aromatic carbocycles. The Morgan fingerprint density at radius 3 is 2.55 bits per heavy atom. The normalized spacial score (nSPS) is 23.1. The number of rotatable bonds is 3. The van der Waals surface area contributed by atoms with Gasteiger partial charge >= 0.3 is 0 Å².